The largest absolute Gasteiger partial charge is 0.507 e. The average molecular weight is 236 g/mol. The lowest BCUT2D eigenvalue weighted by Gasteiger charge is -2.12. The molecule has 0 fully saturated rings. The molecule has 0 atom stereocenters. The first kappa shape index (κ1) is 13.2. The Hall–Kier alpha value is -1.88. The van der Waals surface area contributed by atoms with E-state index in [9.17, 15) is 15.2 Å². The van der Waals surface area contributed by atoms with Gasteiger partial charge in [0.05, 0.1) is 4.92 Å². The van der Waals surface area contributed by atoms with Gasteiger partial charge in [0.1, 0.15) is 5.76 Å². The van der Waals surface area contributed by atoms with Crippen LogP contribution in [0.15, 0.2) is 29.8 Å². The molecule has 1 N–H and O–H groups in total. The molecule has 5 nitrogen and oxygen atoms in total. The van der Waals surface area contributed by atoms with Gasteiger partial charge in [-0.15, -0.1) is 0 Å². The lowest BCUT2D eigenvalue weighted by Crippen LogP contribution is -2.14. The summed E-state index contributed by atoms with van der Waals surface area (Å²) in [6, 6.07) is 5.99. The summed E-state index contributed by atoms with van der Waals surface area (Å²) in [7, 11) is 3.79. The fourth-order valence-electron chi connectivity index (χ4n) is 1.56. The van der Waals surface area contributed by atoms with Crippen molar-refractivity contribution in [2.45, 2.75) is 6.92 Å². The molecule has 0 bridgehead atoms. The summed E-state index contributed by atoms with van der Waals surface area (Å²) in [5.41, 5.74) is 1.22. The summed E-state index contributed by atoms with van der Waals surface area (Å²) in [6.45, 7) is 2.41. The number of likely N-dealkylation sites (N-methyl/N-ethyl adjacent to an activating group) is 1. The highest BCUT2D eigenvalue weighted by Gasteiger charge is 2.10. The van der Waals surface area contributed by atoms with Crippen LogP contribution in [-0.4, -0.2) is 35.6 Å². The van der Waals surface area contributed by atoms with Crippen LogP contribution in [0.3, 0.4) is 0 Å². The predicted octanol–water partition coefficient (Wildman–Crippen LogP) is 2.45. The summed E-state index contributed by atoms with van der Waals surface area (Å²) in [4.78, 5) is 12.1. The second-order valence-electron chi connectivity index (χ2n) is 4.17. The minimum Gasteiger partial charge on any atom is -0.507 e. The molecule has 0 amide bonds. The number of nitro groups is 1. The van der Waals surface area contributed by atoms with Crippen molar-refractivity contribution in [3.63, 3.8) is 0 Å². The van der Waals surface area contributed by atoms with Gasteiger partial charge in [-0.2, -0.15) is 0 Å². The molecule has 0 unspecified atom stereocenters. The van der Waals surface area contributed by atoms with Crippen LogP contribution in [0.25, 0.3) is 5.76 Å². The molecule has 0 heterocycles. The normalized spacial score (nSPS) is 12.5. The number of benzene rings is 1. The first-order valence-electron chi connectivity index (χ1n) is 5.20. The highest BCUT2D eigenvalue weighted by molar-refractivity contribution is 5.63. The molecule has 0 aliphatic carbocycles. The molecular formula is C12H16N2O3. The summed E-state index contributed by atoms with van der Waals surface area (Å²) in [6.07, 6.45) is 0. The summed E-state index contributed by atoms with van der Waals surface area (Å²) in [5, 5.41) is 20.6. The number of nitrogens with zero attached hydrogens (tertiary/aromatic N) is 2. The average Bonchev–Trinajstić information content (AvgIpc) is 2.27. The van der Waals surface area contributed by atoms with Crippen LogP contribution in [-0.2, 0) is 0 Å². The number of nitro benzene ring substituents is 1. The predicted molar refractivity (Wildman–Crippen MR) is 66.9 cm³/mol. The zero-order chi connectivity index (χ0) is 13.0. The Morgan fingerprint density at radius 3 is 2.65 bits per heavy atom. The van der Waals surface area contributed by atoms with E-state index in [1.54, 1.807) is 19.1 Å². The smallest absolute Gasteiger partial charge is 0.270 e. The summed E-state index contributed by atoms with van der Waals surface area (Å²) in [5.74, 6) is 0.0994. The zero-order valence-corrected chi connectivity index (χ0v) is 10.2. The van der Waals surface area contributed by atoms with E-state index < -0.39 is 4.92 Å². The van der Waals surface area contributed by atoms with E-state index >= 15 is 0 Å². The van der Waals surface area contributed by atoms with Gasteiger partial charge in [-0.1, -0.05) is 12.1 Å². The van der Waals surface area contributed by atoms with Gasteiger partial charge in [0.15, 0.2) is 0 Å². The quantitative estimate of drug-likeness (QED) is 0.495. The van der Waals surface area contributed by atoms with Crippen molar-refractivity contribution in [1.29, 1.82) is 0 Å². The number of hydrogen-bond donors (Lipinski definition) is 1. The molecule has 0 aromatic heterocycles. The number of aliphatic hydroxyl groups is 1. The fourth-order valence-corrected chi connectivity index (χ4v) is 1.56. The van der Waals surface area contributed by atoms with Crippen LogP contribution in [0.4, 0.5) is 5.69 Å². The summed E-state index contributed by atoms with van der Waals surface area (Å²) >= 11 is 0. The number of rotatable bonds is 4. The third-order valence-electron chi connectivity index (χ3n) is 2.29. The molecule has 1 rings (SSSR count). The molecule has 0 radical (unpaired) electrons. The minimum atomic E-state index is -0.474. The number of non-ortho nitro benzene ring substituents is 1. The highest BCUT2D eigenvalue weighted by Crippen LogP contribution is 2.21. The molecule has 92 valence electrons. The number of aliphatic hydroxyl groups excluding tert-OH is 1. The minimum absolute atomic E-state index is 0.0216. The van der Waals surface area contributed by atoms with E-state index in [4.69, 9.17) is 0 Å². The van der Waals surface area contributed by atoms with Gasteiger partial charge < -0.3 is 10.0 Å². The van der Waals surface area contributed by atoms with Crippen molar-refractivity contribution in [2.24, 2.45) is 0 Å². The van der Waals surface area contributed by atoms with Crippen LogP contribution in [0.2, 0.25) is 0 Å². The van der Waals surface area contributed by atoms with Gasteiger partial charge >= 0.3 is 0 Å². The molecule has 1 aromatic rings. The maximum Gasteiger partial charge on any atom is 0.270 e. The molecule has 17 heavy (non-hydrogen) atoms. The standard InChI is InChI=1S/C12H16N2O3/c1-9(8-13(2)3)12(15)10-5-4-6-11(7-10)14(16)17/h4-7,15H,8H2,1-3H3/b12-9+. The SMILES string of the molecule is C/C(CN(C)C)=C(\O)c1cccc([N+](=O)[O-])c1. The van der Waals surface area contributed by atoms with Crippen molar-refractivity contribution < 1.29 is 10.0 Å². The first-order valence-corrected chi connectivity index (χ1v) is 5.20. The Morgan fingerprint density at radius 1 is 1.47 bits per heavy atom. The van der Waals surface area contributed by atoms with Crippen LogP contribution >= 0.6 is 0 Å². The maximum atomic E-state index is 10.6. The Kier molecular flexibility index (Phi) is 4.23. The zero-order valence-electron chi connectivity index (χ0n) is 10.2. The van der Waals surface area contributed by atoms with E-state index in [-0.39, 0.29) is 11.4 Å². The highest BCUT2D eigenvalue weighted by atomic mass is 16.6. The lowest BCUT2D eigenvalue weighted by atomic mass is 10.1. The van der Waals surface area contributed by atoms with Gasteiger partial charge in [0.2, 0.25) is 0 Å². The van der Waals surface area contributed by atoms with Gasteiger partial charge in [0.25, 0.3) is 5.69 Å². The monoisotopic (exact) mass is 236 g/mol. The second kappa shape index (κ2) is 5.45. The van der Waals surface area contributed by atoms with E-state index in [1.165, 1.54) is 12.1 Å². The van der Waals surface area contributed by atoms with Gasteiger partial charge in [-0.3, -0.25) is 10.1 Å². The van der Waals surface area contributed by atoms with Gasteiger partial charge in [-0.25, -0.2) is 0 Å². The Balaban J connectivity index is 3.07. The Morgan fingerprint density at radius 2 is 2.12 bits per heavy atom. The summed E-state index contributed by atoms with van der Waals surface area (Å²) < 4.78 is 0. The van der Waals surface area contributed by atoms with Crippen LogP contribution < -0.4 is 0 Å². The van der Waals surface area contributed by atoms with Crippen LogP contribution in [0, 0.1) is 10.1 Å². The van der Waals surface area contributed by atoms with E-state index in [0.717, 1.165) is 5.57 Å². The lowest BCUT2D eigenvalue weighted by molar-refractivity contribution is -0.384. The Bertz CT molecular complexity index is 453. The molecule has 0 saturated carbocycles. The van der Waals surface area contributed by atoms with Gasteiger partial charge in [-0.05, 0) is 26.6 Å². The Labute approximate surface area is 100 Å². The van der Waals surface area contributed by atoms with Gasteiger partial charge in [0, 0.05) is 24.2 Å². The van der Waals surface area contributed by atoms with Crippen molar-refractivity contribution in [3.05, 3.63) is 45.5 Å². The van der Waals surface area contributed by atoms with E-state index in [0.29, 0.717) is 12.1 Å². The van der Waals surface area contributed by atoms with Crippen molar-refractivity contribution in [3.8, 4) is 0 Å². The van der Waals surface area contributed by atoms with Crippen molar-refractivity contribution in [1.82, 2.24) is 4.90 Å². The molecule has 0 spiro atoms. The van der Waals surface area contributed by atoms with E-state index in [2.05, 4.69) is 0 Å². The van der Waals surface area contributed by atoms with E-state index in [1.807, 2.05) is 19.0 Å². The molecular weight excluding hydrogens is 220 g/mol. The fraction of sp³-hybridized carbons (Fsp3) is 0.333. The third kappa shape index (κ3) is 3.57. The maximum absolute atomic E-state index is 10.6. The number of hydrogen-bond acceptors (Lipinski definition) is 4. The van der Waals surface area contributed by atoms with Crippen LogP contribution in [0.1, 0.15) is 12.5 Å². The second-order valence-corrected chi connectivity index (χ2v) is 4.17. The molecule has 0 aliphatic rings. The van der Waals surface area contributed by atoms with Crippen LogP contribution in [0.5, 0.6) is 0 Å². The molecule has 1 aromatic carbocycles. The molecule has 5 heteroatoms. The van der Waals surface area contributed by atoms with Crippen molar-refractivity contribution in [2.75, 3.05) is 20.6 Å². The third-order valence-corrected chi connectivity index (χ3v) is 2.29. The topological polar surface area (TPSA) is 66.6 Å². The van der Waals surface area contributed by atoms with Crippen molar-refractivity contribution >= 4 is 11.4 Å². The molecule has 0 saturated heterocycles. The first-order chi connectivity index (χ1) is 7.91. The molecule has 0 aliphatic heterocycles.